The van der Waals surface area contributed by atoms with Crippen molar-refractivity contribution in [1.82, 2.24) is 0 Å². The van der Waals surface area contributed by atoms with Gasteiger partial charge in [0.25, 0.3) is 0 Å². The fourth-order valence-corrected chi connectivity index (χ4v) is 1.49. The molecule has 1 fully saturated rings. The zero-order chi connectivity index (χ0) is 14.7. The SMILES string of the molecule is CC(C)(C)OOC1(OOC(C)(C)C)CCC(=O)CC1. The molecule has 0 N–H and O–H groups in total. The molecule has 0 amide bonds. The van der Waals surface area contributed by atoms with Crippen molar-refractivity contribution in [1.29, 1.82) is 0 Å². The molecule has 5 nitrogen and oxygen atoms in total. The van der Waals surface area contributed by atoms with Crippen LogP contribution in [0.4, 0.5) is 0 Å². The molecule has 5 heteroatoms. The van der Waals surface area contributed by atoms with E-state index >= 15 is 0 Å². The zero-order valence-electron chi connectivity index (χ0n) is 12.9. The first-order valence-corrected chi connectivity index (χ1v) is 6.77. The molecule has 19 heavy (non-hydrogen) atoms. The van der Waals surface area contributed by atoms with Gasteiger partial charge in [-0.2, -0.15) is 9.78 Å². The molecule has 1 aliphatic rings. The molecule has 1 saturated carbocycles. The van der Waals surface area contributed by atoms with E-state index in [0.29, 0.717) is 25.7 Å². The first-order chi connectivity index (χ1) is 8.52. The van der Waals surface area contributed by atoms with Gasteiger partial charge in [-0.1, -0.05) is 0 Å². The van der Waals surface area contributed by atoms with E-state index in [0.717, 1.165) is 0 Å². The molecule has 112 valence electrons. The summed E-state index contributed by atoms with van der Waals surface area (Å²) < 4.78 is 0. The molecule has 1 rings (SSSR count). The van der Waals surface area contributed by atoms with Crippen molar-refractivity contribution in [3.05, 3.63) is 0 Å². The van der Waals surface area contributed by atoms with Crippen LogP contribution in [-0.4, -0.2) is 22.8 Å². The van der Waals surface area contributed by atoms with Gasteiger partial charge in [0, 0.05) is 25.7 Å². The molecule has 0 spiro atoms. The van der Waals surface area contributed by atoms with Crippen LogP contribution in [0.3, 0.4) is 0 Å². The Balaban J connectivity index is 2.65. The molecule has 0 heterocycles. The van der Waals surface area contributed by atoms with Crippen LogP contribution in [0.2, 0.25) is 0 Å². The second-order valence-corrected chi connectivity index (χ2v) is 7.01. The van der Waals surface area contributed by atoms with E-state index in [-0.39, 0.29) is 5.78 Å². The van der Waals surface area contributed by atoms with Crippen molar-refractivity contribution in [2.45, 2.75) is 84.2 Å². The summed E-state index contributed by atoms with van der Waals surface area (Å²) in [7, 11) is 0. The summed E-state index contributed by atoms with van der Waals surface area (Å²) in [6.45, 7) is 11.3. The van der Waals surface area contributed by atoms with E-state index in [4.69, 9.17) is 19.6 Å². The number of rotatable bonds is 4. The lowest BCUT2D eigenvalue weighted by Gasteiger charge is -2.37. The number of hydrogen-bond donors (Lipinski definition) is 0. The molecular formula is C14H26O5. The van der Waals surface area contributed by atoms with Gasteiger partial charge >= 0.3 is 0 Å². The van der Waals surface area contributed by atoms with Crippen LogP contribution >= 0.6 is 0 Å². The number of Topliss-reactive ketones (excluding diaryl/α,β-unsaturated/α-hetero) is 1. The van der Waals surface area contributed by atoms with Crippen molar-refractivity contribution in [2.24, 2.45) is 0 Å². The van der Waals surface area contributed by atoms with E-state index in [1.54, 1.807) is 0 Å². The average Bonchev–Trinajstić information content (AvgIpc) is 2.25. The summed E-state index contributed by atoms with van der Waals surface area (Å²) in [5.74, 6) is -0.775. The standard InChI is InChI=1S/C14H26O5/c1-12(2,3)16-18-14(19-17-13(4,5)6)9-7-11(15)8-10-14/h7-10H2,1-6H3. The van der Waals surface area contributed by atoms with Gasteiger partial charge in [0.05, 0.1) is 11.2 Å². The van der Waals surface area contributed by atoms with Crippen molar-refractivity contribution < 1.29 is 24.3 Å². The van der Waals surface area contributed by atoms with Gasteiger partial charge in [-0.05, 0) is 41.5 Å². The van der Waals surface area contributed by atoms with Gasteiger partial charge in [-0.25, -0.2) is 9.78 Å². The quantitative estimate of drug-likeness (QED) is 0.447. The Kier molecular flexibility index (Phi) is 5.12. The number of ketones is 1. The Morgan fingerprint density at radius 3 is 1.53 bits per heavy atom. The maximum atomic E-state index is 11.4. The summed E-state index contributed by atoms with van der Waals surface area (Å²) >= 11 is 0. The zero-order valence-corrected chi connectivity index (χ0v) is 12.9. The molecule has 0 aromatic rings. The number of carbonyl (C=O) groups excluding carboxylic acids is 1. The Morgan fingerprint density at radius 1 is 0.842 bits per heavy atom. The smallest absolute Gasteiger partial charge is 0.234 e. The number of hydrogen-bond acceptors (Lipinski definition) is 5. The van der Waals surface area contributed by atoms with Crippen LogP contribution in [0.25, 0.3) is 0 Å². The van der Waals surface area contributed by atoms with Crippen LogP contribution < -0.4 is 0 Å². The van der Waals surface area contributed by atoms with E-state index in [9.17, 15) is 4.79 Å². The average molecular weight is 274 g/mol. The summed E-state index contributed by atoms with van der Waals surface area (Å²) in [4.78, 5) is 33.0. The molecule has 1 aliphatic carbocycles. The second-order valence-electron chi connectivity index (χ2n) is 7.01. The molecule has 0 atom stereocenters. The lowest BCUT2D eigenvalue weighted by Crippen LogP contribution is -2.44. The molecule has 0 radical (unpaired) electrons. The third-order valence-corrected chi connectivity index (χ3v) is 2.46. The third-order valence-electron chi connectivity index (χ3n) is 2.46. The number of carbonyl (C=O) groups is 1. The van der Waals surface area contributed by atoms with Gasteiger partial charge in [-0.3, -0.25) is 4.79 Å². The minimum Gasteiger partial charge on any atom is -0.300 e. The van der Waals surface area contributed by atoms with Crippen LogP contribution in [-0.2, 0) is 24.3 Å². The molecular weight excluding hydrogens is 248 g/mol. The maximum absolute atomic E-state index is 11.4. The lowest BCUT2D eigenvalue weighted by molar-refractivity contribution is -0.544. The maximum Gasteiger partial charge on any atom is 0.234 e. The van der Waals surface area contributed by atoms with Gasteiger partial charge in [0.15, 0.2) is 0 Å². The fraction of sp³-hybridized carbons (Fsp3) is 0.929. The minimum absolute atomic E-state index is 0.217. The van der Waals surface area contributed by atoms with Crippen LogP contribution in [0.15, 0.2) is 0 Å². The first-order valence-electron chi connectivity index (χ1n) is 6.77. The highest BCUT2D eigenvalue weighted by molar-refractivity contribution is 5.79. The summed E-state index contributed by atoms with van der Waals surface area (Å²) in [5, 5.41) is 0. The Hall–Kier alpha value is -0.490. The monoisotopic (exact) mass is 274 g/mol. The minimum atomic E-state index is -0.992. The van der Waals surface area contributed by atoms with E-state index in [1.807, 2.05) is 41.5 Å². The summed E-state index contributed by atoms with van der Waals surface area (Å²) in [6.07, 6.45) is 1.72. The predicted molar refractivity (Wildman–Crippen MR) is 70.1 cm³/mol. The first kappa shape index (κ1) is 16.6. The van der Waals surface area contributed by atoms with Gasteiger partial charge < -0.3 is 0 Å². The molecule has 0 bridgehead atoms. The summed E-state index contributed by atoms with van der Waals surface area (Å²) in [6, 6.07) is 0. The second kappa shape index (κ2) is 5.87. The fourth-order valence-electron chi connectivity index (χ4n) is 1.49. The highest BCUT2D eigenvalue weighted by atomic mass is 17.3. The van der Waals surface area contributed by atoms with Gasteiger partial charge in [-0.15, -0.1) is 0 Å². The molecule has 0 saturated heterocycles. The van der Waals surface area contributed by atoms with Crippen molar-refractivity contribution in [3.8, 4) is 0 Å². The summed E-state index contributed by atoms with van der Waals surface area (Å²) in [5.41, 5.74) is -0.890. The van der Waals surface area contributed by atoms with Gasteiger partial charge in [0.1, 0.15) is 5.78 Å². The normalized spacial score (nSPS) is 20.6. The molecule has 0 aromatic carbocycles. The largest absolute Gasteiger partial charge is 0.300 e. The molecule has 0 aliphatic heterocycles. The van der Waals surface area contributed by atoms with Crippen LogP contribution in [0.5, 0.6) is 0 Å². The van der Waals surface area contributed by atoms with E-state index in [1.165, 1.54) is 0 Å². The molecule has 0 aromatic heterocycles. The van der Waals surface area contributed by atoms with Crippen molar-refractivity contribution in [3.63, 3.8) is 0 Å². The third kappa shape index (κ3) is 6.47. The Bertz CT molecular complexity index is 281. The van der Waals surface area contributed by atoms with Crippen molar-refractivity contribution >= 4 is 5.78 Å². The lowest BCUT2D eigenvalue weighted by atomic mass is 9.93. The van der Waals surface area contributed by atoms with Crippen LogP contribution in [0.1, 0.15) is 67.2 Å². The Labute approximate surface area is 115 Å². The Morgan fingerprint density at radius 2 is 1.21 bits per heavy atom. The predicted octanol–water partition coefficient (Wildman–Crippen LogP) is 3.32. The molecule has 0 unspecified atom stereocenters. The van der Waals surface area contributed by atoms with Crippen molar-refractivity contribution in [2.75, 3.05) is 0 Å². The highest BCUT2D eigenvalue weighted by Gasteiger charge is 2.42. The van der Waals surface area contributed by atoms with Crippen LogP contribution in [0, 0.1) is 0 Å². The highest BCUT2D eigenvalue weighted by Crippen LogP contribution is 2.34. The van der Waals surface area contributed by atoms with Gasteiger partial charge in [0.2, 0.25) is 5.79 Å². The van der Waals surface area contributed by atoms with E-state index < -0.39 is 17.0 Å². The topological polar surface area (TPSA) is 54.0 Å². The van der Waals surface area contributed by atoms with E-state index in [2.05, 4.69) is 0 Å².